The van der Waals surface area contributed by atoms with Crippen LogP contribution in [0.1, 0.15) is 22.6 Å². The zero-order valence-corrected chi connectivity index (χ0v) is 16.6. The van der Waals surface area contributed by atoms with Crippen molar-refractivity contribution < 1.29 is 33.5 Å². The van der Waals surface area contributed by atoms with Gasteiger partial charge in [-0.1, -0.05) is 0 Å². The van der Waals surface area contributed by atoms with Crippen molar-refractivity contribution in [3.05, 3.63) is 41.0 Å². The van der Waals surface area contributed by atoms with E-state index in [1.165, 1.54) is 5.56 Å². The minimum atomic E-state index is -0.831. The average Bonchev–Trinajstić information content (AvgIpc) is 3.35. The molecule has 2 aliphatic heterocycles. The first kappa shape index (κ1) is 18.4. The Morgan fingerprint density at radius 1 is 0.931 bits per heavy atom. The maximum Gasteiger partial charge on any atom is 0.231 e. The maximum absolute atomic E-state index is 10.7. The SMILES string of the molecule is COc1cc(C2c3cc4c(cc3CC3COC(O)C32)OCO4)cc(OC)c1OC. The fraction of sp³-hybridized carbons (Fsp3) is 0.455. The molecule has 29 heavy (non-hydrogen) atoms. The molecule has 1 aliphatic carbocycles. The van der Waals surface area contributed by atoms with Gasteiger partial charge in [-0.2, -0.15) is 0 Å². The molecular weight excluding hydrogens is 376 g/mol. The Hall–Kier alpha value is -2.64. The predicted molar refractivity (Wildman–Crippen MR) is 103 cm³/mol. The van der Waals surface area contributed by atoms with Crippen LogP contribution in [-0.2, 0) is 11.2 Å². The first-order chi connectivity index (χ1) is 14.1. The van der Waals surface area contributed by atoms with Crippen LogP contribution in [0.25, 0.3) is 0 Å². The van der Waals surface area contributed by atoms with Gasteiger partial charge in [0.2, 0.25) is 12.5 Å². The van der Waals surface area contributed by atoms with Crippen LogP contribution in [0.3, 0.4) is 0 Å². The van der Waals surface area contributed by atoms with Gasteiger partial charge in [0.25, 0.3) is 0 Å². The van der Waals surface area contributed by atoms with Crippen LogP contribution in [0.4, 0.5) is 0 Å². The lowest BCUT2D eigenvalue weighted by molar-refractivity contribution is -0.0853. The van der Waals surface area contributed by atoms with Gasteiger partial charge in [-0.25, -0.2) is 0 Å². The molecule has 4 unspecified atom stereocenters. The largest absolute Gasteiger partial charge is 0.493 e. The van der Waals surface area contributed by atoms with Gasteiger partial charge in [-0.05, 0) is 53.3 Å². The summed E-state index contributed by atoms with van der Waals surface area (Å²) >= 11 is 0. The fourth-order valence-corrected chi connectivity index (χ4v) is 4.95. The number of aliphatic hydroxyl groups is 1. The molecule has 5 rings (SSSR count). The summed E-state index contributed by atoms with van der Waals surface area (Å²) in [5.41, 5.74) is 3.26. The molecule has 0 radical (unpaired) electrons. The third-order valence-corrected chi connectivity index (χ3v) is 6.24. The summed E-state index contributed by atoms with van der Waals surface area (Å²) in [6, 6.07) is 8.00. The zero-order chi connectivity index (χ0) is 20.1. The normalized spacial score (nSPS) is 26.6. The van der Waals surface area contributed by atoms with Gasteiger partial charge in [0.05, 0.1) is 27.9 Å². The van der Waals surface area contributed by atoms with Crippen LogP contribution < -0.4 is 23.7 Å². The van der Waals surface area contributed by atoms with Gasteiger partial charge in [0.15, 0.2) is 29.3 Å². The van der Waals surface area contributed by atoms with Gasteiger partial charge < -0.3 is 33.5 Å². The van der Waals surface area contributed by atoms with Crippen molar-refractivity contribution in [2.45, 2.75) is 18.6 Å². The van der Waals surface area contributed by atoms with E-state index < -0.39 is 6.29 Å². The Balaban J connectivity index is 1.70. The number of methoxy groups -OCH3 is 3. The van der Waals surface area contributed by atoms with Crippen LogP contribution in [0.5, 0.6) is 28.7 Å². The van der Waals surface area contributed by atoms with E-state index in [1.807, 2.05) is 18.2 Å². The summed E-state index contributed by atoms with van der Waals surface area (Å²) in [6.07, 6.45) is -0.00287. The molecule has 7 heteroatoms. The topological polar surface area (TPSA) is 75.6 Å². The van der Waals surface area contributed by atoms with Crippen LogP contribution in [-0.4, -0.2) is 46.1 Å². The van der Waals surface area contributed by atoms with Crippen molar-refractivity contribution in [1.29, 1.82) is 0 Å². The highest BCUT2D eigenvalue weighted by Crippen LogP contribution is 2.53. The average molecular weight is 400 g/mol. The number of fused-ring (bicyclic) bond motifs is 3. The van der Waals surface area contributed by atoms with E-state index in [9.17, 15) is 5.11 Å². The molecule has 2 heterocycles. The monoisotopic (exact) mass is 400 g/mol. The number of rotatable bonds is 4. The highest BCUT2D eigenvalue weighted by molar-refractivity contribution is 5.58. The van der Waals surface area contributed by atoms with E-state index in [1.54, 1.807) is 21.3 Å². The Kier molecular flexibility index (Phi) is 4.44. The number of ether oxygens (including phenoxy) is 6. The summed E-state index contributed by atoms with van der Waals surface area (Å²) in [7, 11) is 4.79. The van der Waals surface area contributed by atoms with Crippen LogP contribution in [0.15, 0.2) is 24.3 Å². The van der Waals surface area contributed by atoms with Gasteiger partial charge >= 0.3 is 0 Å². The lowest BCUT2D eigenvalue weighted by Crippen LogP contribution is -2.33. The highest BCUT2D eigenvalue weighted by atomic mass is 16.7. The van der Waals surface area contributed by atoms with E-state index in [4.69, 9.17) is 28.4 Å². The molecular formula is C22H24O7. The fourth-order valence-electron chi connectivity index (χ4n) is 4.95. The van der Waals surface area contributed by atoms with Gasteiger partial charge in [0.1, 0.15) is 0 Å². The smallest absolute Gasteiger partial charge is 0.231 e. The lowest BCUT2D eigenvalue weighted by atomic mass is 9.67. The summed E-state index contributed by atoms with van der Waals surface area (Å²) in [4.78, 5) is 0. The number of benzene rings is 2. The molecule has 1 saturated heterocycles. The van der Waals surface area contributed by atoms with E-state index in [2.05, 4.69) is 6.07 Å². The van der Waals surface area contributed by atoms with Crippen molar-refractivity contribution in [3.8, 4) is 28.7 Å². The lowest BCUT2D eigenvalue weighted by Gasteiger charge is -2.36. The van der Waals surface area contributed by atoms with Crippen molar-refractivity contribution in [3.63, 3.8) is 0 Å². The standard InChI is InChI=1S/C22H24O7/c1-24-17-6-12(7-18(25-2)21(17)26-3)19-14-8-16-15(28-10-29-16)5-11(14)4-13-9-27-22(23)20(13)19/h5-8,13,19-20,22-23H,4,9-10H2,1-3H3. The third kappa shape index (κ3) is 2.80. The molecule has 0 spiro atoms. The Bertz CT molecular complexity index is 916. The minimum Gasteiger partial charge on any atom is -0.493 e. The van der Waals surface area contributed by atoms with Crippen molar-refractivity contribution in [1.82, 2.24) is 0 Å². The molecule has 1 fully saturated rings. The molecule has 0 amide bonds. The summed E-state index contributed by atoms with van der Waals surface area (Å²) in [5.74, 6) is 3.23. The maximum atomic E-state index is 10.7. The Morgan fingerprint density at radius 3 is 2.28 bits per heavy atom. The second kappa shape index (κ2) is 7.00. The molecule has 1 N–H and O–H groups in total. The number of hydrogen-bond acceptors (Lipinski definition) is 7. The van der Waals surface area contributed by atoms with E-state index in [0.29, 0.717) is 23.9 Å². The molecule has 2 aromatic carbocycles. The number of aliphatic hydroxyl groups excluding tert-OH is 1. The molecule has 2 aromatic rings. The molecule has 154 valence electrons. The van der Waals surface area contributed by atoms with Crippen LogP contribution in [0.2, 0.25) is 0 Å². The van der Waals surface area contributed by atoms with Gasteiger partial charge in [-0.15, -0.1) is 0 Å². The molecule has 0 saturated carbocycles. The molecule has 0 aromatic heterocycles. The van der Waals surface area contributed by atoms with Crippen LogP contribution >= 0.6 is 0 Å². The van der Waals surface area contributed by atoms with Crippen molar-refractivity contribution >= 4 is 0 Å². The van der Waals surface area contributed by atoms with Crippen molar-refractivity contribution in [2.75, 3.05) is 34.7 Å². The number of hydrogen-bond donors (Lipinski definition) is 1. The Labute approximate surface area is 169 Å². The summed E-state index contributed by atoms with van der Waals surface area (Å²) in [6.45, 7) is 0.756. The molecule has 7 nitrogen and oxygen atoms in total. The predicted octanol–water partition coefficient (Wildman–Crippen LogP) is 2.71. The molecule has 4 atom stereocenters. The zero-order valence-electron chi connectivity index (χ0n) is 16.6. The first-order valence-corrected chi connectivity index (χ1v) is 9.66. The quantitative estimate of drug-likeness (QED) is 0.846. The minimum absolute atomic E-state index is 0.0781. The summed E-state index contributed by atoms with van der Waals surface area (Å²) < 4.78 is 33.5. The molecule has 3 aliphatic rings. The first-order valence-electron chi connectivity index (χ1n) is 9.66. The second-order valence-corrected chi connectivity index (χ2v) is 7.61. The van der Waals surface area contributed by atoms with Gasteiger partial charge in [0, 0.05) is 11.8 Å². The second-order valence-electron chi connectivity index (χ2n) is 7.61. The van der Waals surface area contributed by atoms with Crippen LogP contribution in [0, 0.1) is 11.8 Å². The van der Waals surface area contributed by atoms with E-state index in [0.717, 1.165) is 29.0 Å². The third-order valence-electron chi connectivity index (χ3n) is 6.24. The molecule has 0 bridgehead atoms. The van der Waals surface area contributed by atoms with E-state index in [-0.39, 0.29) is 24.5 Å². The van der Waals surface area contributed by atoms with Gasteiger partial charge in [-0.3, -0.25) is 0 Å². The summed E-state index contributed by atoms with van der Waals surface area (Å²) in [5, 5.41) is 10.7. The Morgan fingerprint density at radius 2 is 1.62 bits per heavy atom. The van der Waals surface area contributed by atoms with E-state index >= 15 is 0 Å². The highest BCUT2D eigenvalue weighted by Gasteiger charge is 2.47. The van der Waals surface area contributed by atoms with Crippen molar-refractivity contribution in [2.24, 2.45) is 11.8 Å².